The normalized spacial score (nSPS) is 53.2. The molecule has 0 amide bonds. The van der Waals surface area contributed by atoms with Crippen LogP contribution in [0.4, 0.5) is 0 Å². The zero-order valence-corrected chi connectivity index (χ0v) is 43.9. The minimum atomic E-state index is -2.18. The first-order chi connectivity index (χ1) is 30.0. The molecule has 2 N–H and O–H groups in total. The number of ether oxygens (including phenoxy) is 12. The van der Waals surface area contributed by atoms with Gasteiger partial charge in [-0.2, -0.15) is 0 Å². The Morgan fingerprint density at radius 3 is 1.97 bits per heavy atom. The number of carbonyl (C=O) groups excluding carboxylic acids is 1. The first kappa shape index (κ1) is 54.2. The van der Waals surface area contributed by atoms with Crippen LogP contribution in [0, 0.1) is 35.5 Å². The maximum atomic E-state index is 12.4. The van der Waals surface area contributed by atoms with Gasteiger partial charge in [0.05, 0.1) is 79.2 Å². The summed E-state index contributed by atoms with van der Waals surface area (Å²) in [6.07, 6.45) is 0.854. The SMILES string of the molecule is COC1CCC(OC2(C)C(CC3CC(OC)C(C)C4(O3)OC(C)(C3CCC(C5CCC(C6OC(C)(O)C(C)CC6C)O5)O3)C(OC)C4C)OC(O)(C(C)C(=O)[O-])C(C)C2OC)OC1C.[Na+]. The smallest absolute Gasteiger partial charge is 0.550 e. The van der Waals surface area contributed by atoms with E-state index in [2.05, 4.69) is 27.7 Å². The van der Waals surface area contributed by atoms with Gasteiger partial charge >= 0.3 is 29.6 Å². The number of methoxy groups -OCH3 is 4. The van der Waals surface area contributed by atoms with Gasteiger partial charge in [0.1, 0.15) is 11.2 Å². The van der Waals surface area contributed by atoms with Crippen LogP contribution in [0.1, 0.15) is 127 Å². The van der Waals surface area contributed by atoms with Crippen LogP contribution in [0.3, 0.4) is 0 Å². The van der Waals surface area contributed by atoms with Crippen molar-refractivity contribution in [2.45, 2.75) is 235 Å². The van der Waals surface area contributed by atoms with E-state index in [1.54, 1.807) is 35.2 Å². The molecule has 0 aliphatic carbocycles. The van der Waals surface area contributed by atoms with Gasteiger partial charge in [0.15, 0.2) is 23.7 Å². The molecule has 7 aliphatic heterocycles. The molecule has 0 aromatic heterocycles. The Balaban J connectivity index is 0.00000700. The molecule has 16 nitrogen and oxygen atoms in total. The van der Waals surface area contributed by atoms with Crippen LogP contribution >= 0.6 is 0 Å². The summed E-state index contributed by atoms with van der Waals surface area (Å²) in [5.74, 6) is -8.54. The standard InChI is InChI=1S/C48H82O16.Na/c1-24-21-25(2)46(10,51)63-40(24)35-16-15-33(58-35)34-17-19-37(59-34)45(9)42(56-14)28(5)48(64-45)26(3)36(54-12)22-31(60-48)23-38-44(8,62-39-20-18-32(53-11)30(7)57-39)41(55-13)27(4)47(52,61-38)29(6)43(49)50;/h24-42,51-52H,15-23H2,1-14H3,(H,49,50);/q;+1/p-1. The zero-order chi connectivity index (χ0) is 46.9. The first-order valence-corrected chi connectivity index (χ1v) is 24.2. The molecule has 24 unspecified atom stereocenters. The van der Waals surface area contributed by atoms with Gasteiger partial charge in [-0.15, -0.1) is 0 Å². The predicted molar refractivity (Wildman–Crippen MR) is 228 cm³/mol. The fourth-order valence-electron chi connectivity index (χ4n) is 13.3. The minimum Gasteiger partial charge on any atom is -0.550 e. The van der Waals surface area contributed by atoms with Crippen LogP contribution in [0.2, 0.25) is 0 Å². The second-order valence-corrected chi connectivity index (χ2v) is 21.3. The molecule has 65 heavy (non-hydrogen) atoms. The molecule has 0 saturated carbocycles. The fraction of sp³-hybridized carbons (Fsp3) is 0.979. The molecular formula is C48H81NaO16. The molecule has 7 aliphatic rings. The number of hydrogen-bond donors (Lipinski definition) is 2. The predicted octanol–water partition coefficient (Wildman–Crippen LogP) is 1.26. The van der Waals surface area contributed by atoms with Gasteiger partial charge in [0, 0.05) is 77.3 Å². The molecule has 1 spiro atoms. The van der Waals surface area contributed by atoms with Gasteiger partial charge in [-0.1, -0.05) is 41.5 Å². The van der Waals surface area contributed by atoms with Crippen molar-refractivity contribution in [2.75, 3.05) is 28.4 Å². The van der Waals surface area contributed by atoms with Crippen molar-refractivity contribution < 1.29 is 107 Å². The van der Waals surface area contributed by atoms with Crippen molar-refractivity contribution in [3.63, 3.8) is 0 Å². The Labute approximate surface area is 409 Å². The number of aliphatic hydroxyl groups is 2. The van der Waals surface area contributed by atoms with Crippen LogP contribution in [0.15, 0.2) is 0 Å². The summed E-state index contributed by atoms with van der Waals surface area (Å²) < 4.78 is 78.9. The van der Waals surface area contributed by atoms with Crippen LogP contribution in [-0.2, 0) is 61.6 Å². The third kappa shape index (κ3) is 9.70. The van der Waals surface area contributed by atoms with E-state index in [0.29, 0.717) is 19.3 Å². The molecule has 0 radical (unpaired) electrons. The summed E-state index contributed by atoms with van der Waals surface area (Å²) in [6, 6.07) is 0. The Kier molecular flexibility index (Phi) is 17.2. The summed E-state index contributed by atoms with van der Waals surface area (Å²) in [5, 5.41) is 35.6. The largest absolute Gasteiger partial charge is 1.00 e. The van der Waals surface area contributed by atoms with Crippen molar-refractivity contribution in [3.05, 3.63) is 0 Å². The molecule has 370 valence electrons. The van der Waals surface area contributed by atoms with Gasteiger partial charge in [0.2, 0.25) is 0 Å². The Hall–Kier alpha value is -0.0900. The van der Waals surface area contributed by atoms with E-state index in [0.717, 1.165) is 32.1 Å². The van der Waals surface area contributed by atoms with E-state index >= 15 is 0 Å². The summed E-state index contributed by atoms with van der Waals surface area (Å²) in [7, 11) is 6.58. The van der Waals surface area contributed by atoms with E-state index in [4.69, 9.17) is 56.8 Å². The van der Waals surface area contributed by atoms with Gasteiger partial charge in [-0.25, -0.2) is 0 Å². The number of carboxylic acids is 1. The summed E-state index contributed by atoms with van der Waals surface area (Å²) in [5.41, 5.74) is -2.18. The van der Waals surface area contributed by atoms with Crippen molar-refractivity contribution in [1.82, 2.24) is 0 Å². The zero-order valence-electron chi connectivity index (χ0n) is 41.9. The maximum Gasteiger partial charge on any atom is 1.00 e. The molecule has 0 bridgehead atoms. The maximum absolute atomic E-state index is 12.4. The molecule has 24 atom stereocenters. The molecule has 7 fully saturated rings. The number of rotatable bonds is 13. The topological polar surface area (TPSA) is 191 Å². The summed E-state index contributed by atoms with van der Waals surface area (Å²) in [4.78, 5) is 12.4. The van der Waals surface area contributed by atoms with Gasteiger partial charge < -0.3 is 77.0 Å². The van der Waals surface area contributed by atoms with E-state index in [1.807, 2.05) is 20.8 Å². The Bertz CT molecular complexity index is 1610. The number of aliphatic carboxylic acids is 1. The van der Waals surface area contributed by atoms with E-state index in [1.165, 1.54) is 14.0 Å². The number of carbonyl (C=O) groups is 1. The quantitative estimate of drug-likeness (QED) is 0.251. The van der Waals surface area contributed by atoms with Crippen LogP contribution in [0.25, 0.3) is 0 Å². The van der Waals surface area contributed by atoms with Crippen molar-refractivity contribution in [3.8, 4) is 0 Å². The summed E-state index contributed by atoms with van der Waals surface area (Å²) in [6.45, 7) is 19.1. The molecule has 7 rings (SSSR count). The molecule has 17 heteroatoms. The van der Waals surface area contributed by atoms with Crippen molar-refractivity contribution in [1.29, 1.82) is 0 Å². The van der Waals surface area contributed by atoms with E-state index in [9.17, 15) is 20.1 Å². The second-order valence-electron chi connectivity index (χ2n) is 21.3. The molecular weight excluding hydrogens is 856 g/mol. The van der Waals surface area contributed by atoms with Crippen LogP contribution in [0.5, 0.6) is 0 Å². The molecule has 0 aromatic carbocycles. The van der Waals surface area contributed by atoms with Crippen molar-refractivity contribution >= 4 is 5.97 Å². The molecule has 7 saturated heterocycles. The summed E-state index contributed by atoms with van der Waals surface area (Å²) >= 11 is 0. The van der Waals surface area contributed by atoms with Gasteiger partial charge in [0.25, 0.3) is 0 Å². The third-order valence-electron chi connectivity index (χ3n) is 17.4. The second kappa shape index (κ2) is 20.6. The van der Waals surface area contributed by atoms with E-state index in [-0.39, 0.29) is 108 Å². The molecule has 7 heterocycles. The van der Waals surface area contributed by atoms with Crippen molar-refractivity contribution in [2.24, 2.45) is 35.5 Å². The average Bonchev–Trinajstić information content (AvgIpc) is 3.98. The average molecular weight is 937 g/mol. The molecule has 0 aromatic rings. The Morgan fingerprint density at radius 1 is 0.723 bits per heavy atom. The van der Waals surface area contributed by atoms with Gasteiger partial charge in [-0.05, 0) is 72.1 Å². The number of hydrogen-bond acceptors (Lipinski definition) is 16. The van der Waals surface area contributed by atoms with Crippen LogP contribution < -0.4 is 34.7 Å². The van der Waals surface area contributed by atoms with E-state index < -0.39 is 77.1 Å². The first-order valence-electron chi connectivity index (χ1n) is 24.2. The van der Waals surface area contributed by atoms with Gasteiger partial charge in [-0.3, -0.25) is 0 Å². The third-order valence-corrected chi connectivity index (χ3v) is 17.4. The Morgan fingerprint density at radius 2 is 1.35 bits per heavy atom. The van der Waals surface area contributed by atoms with Crippen LogP contribution in [-0.4, -0.2) is 153 Å². The minimum absolute atomic E-state index is 0. The monoisotopic (exact) mass is 937 g/mol. The number of carboxylic acid groups (broad SMARTS) is 1. The fourth-order valence-corrected chi connectivity index (χ4v) is 13.3.